The van der Waals surface area contributed by atoms with Gasteiger partial charge in [0.1, 0.15) is 0 Å². The van der Waals surface area contributed by atoms with Crippen molar-refractivity contribution in [1.82, 2.24) is 4.57 Å². The third-order valence-corrected chi connectivity index (χ3v) is 17.2. The molecule has 2 unspecified atom stereocenters. The molecular formula is C74H51N3S. The molecule has 0 fully saturated rings. The van der Waals surface area contributed by atoms with Crippen LogP contribution >= 0.6 is 11.8 Å². The van der Waals surface area contributed by atoms with E-state index in [4.69, 9.17) is 0 Å². The minimum absolute atomic E-state index is 0.349. The molecule has 15 rings (SSSR count). The average Bonchev–Trinajstić information content (AvgIpc) is 4.20. The minimum atomic E-state index is 0.349. The summed E-state index contributed by atoms with van der Waals surface area (Å²) in [4.78, 5) is 6.27. The molecule has 0 spiro atoms. The van der Waals surface area contributed by atoms with Gasteiger partial charge in [-0.05, 0) is 151 Å². The number of hydrogen-bond acceptors (Lipinski definition) is 3. The number of allylic oxidation sites excluding steroid dienone is 3. The summed E-state index contributed by atoms with van der Waals surface area (Å²) < 4.78 is 2.43. The number of para-hydroxylation sites is 2. The Labute approximate surface area is 458 Å². The number of fused-ring (bicyclic) bond motifs is 9. The predicted octanol–water partition coefficient (Wildman–Crippen LogP) is 20.7. The number of hydrogen-bond donors (Lipinski definition) is 0. The number of benzene rings is 12. The molecule has 2 aliphatic rings. The van der Waals surface area contributed by atoms with Gasteiger partial charge in [-0.1, -0.05) is 206 Å². The van der Waals surface area contributed by atoms with Gasteiger partial charge < -0.3 is 14.4 Å². The van der Waals surface area contributed by atoms with Gasteiger partial charge in [0.2, 0.25) is 0 Å². The minimum Gasteiger partial charge on any atom is -0.310 e. The second kappa shape index (κ2) is 19.2. The van der Waals surface area contributed by atoms with Crippen LogP contribution in [0.1, 0.15) is 11.5 Å². The van der Waals surface area contributed by atoms with E-state index in [0.717, 1.165) is 50.9 Å². The normalized spacial score (nSPS) is 14.5. The van der Waals surface area contributed by atoms with Gasteiger partial charge in [0, 0.05) is 66.6 Å². The number of thioether (sulfide) groups is 1. The molecule has 0 saturated carbocycles. The summed E-state index contributed by atoms with van der Waals surface area (Å²) >= 11 is 1.97. The summed E-state index contributed by atoms with van der Waals surface area (Å²) in [6, 6.07) is 101. The van der Waals surface area contributed by atoms with Crippen molar-refractivity contribution in [3.63, 3.8) is 0 Å². The fraction of sp³-hybridized carbons (Fsp3) is 0.0270. The molecule has 13 aromatic rings. The standard InChI is InChI=1S/C74H51N3S/c1-4-18-50(19-5-1)52-32-36-57(37-33-52)75(58-38-34-53(35-39-58)51-20-6-2-7-21-51)61-44-55(70-46-54-22-10-11-25-63(54)64-26-12-13-27-65(64)70)45-62(47-61)76(60-41-43-69-68-29-15-17-31-73(68)78-74(69)49-60)59-40-42-67-66-28-14-16-30-71(66)77(72(67)48-59)56-23-8-3-9-24-56/h1-49,68,73H. The first-order valence-electron chi connectivity index (χ1n) is 26.9. The molecule has 0 amide bonds. The lowest BCUT2D eigenvalue weighted by atomic mass is 9.92. The van der Waals surface area contributed by atoms with Crippen molar-refractivity contribution in [3.8, 4) is 39.1 Å². The number of nitrogens with zero attached hydrogens (tertiary/aromatic N) is 3. The lowest BCUT2D eigenvalue weighted by Crippen LogP contribution is -2.14. The van der Waals surface area contributed by atoms with E-state index in [1.165, 1.54) is 76.1 Å². The van der Waals surface area contributed by atoms with Crippen LogP contribution in [0.15, 0.2) is 302 Å². The molecule has 2 heterocycles. The fourth-order valence-corrected chi connectivity index (χ4v) is 13.6. The molecule has 368 valence electrons. The number of anilines is 6. The van der Waals surface area contributed by atoms with Gasteiger partial charge in [0.15, 0.2) is 0 Å². The summed E-state index contributed by atoms with van der Waals surface area (Å²) in [7, 11) is 0. The summed E-state index contributed by atoms with van der Waals surface area (Å²) in [6.07, 6.45) is 9.14. The van der Waals surface area contributed by atoms with Crippen molar-refractivity contribution in [3.05, 3.63) is 303 Å². The second-order valence-electron chi connectivity index (χ2n) is 20.4. The fourth-order valence-electron chi connectivity index (χ4n) is 12.2. The summed E-state index contributed by atoms with van der Waals surface area (Å²) in [6.45, 7) is 0. The van der Waals surface area contributed by atoms with E-state index < -0.39 is 0 Å². The second-order valence-corrected chi connectivity index (χ2v) is 21.6. The van der Waals surface area contributed by atoms with Crippen LogP contribution in [0.3, 0.4) is 0 Å². The Kier molecular flexibility index (Phi) is 11.3. The van der Waals surface area contributed by atoms with Gasteiger partial charge in [0.25, 0.3) is 0 Å². The van der Waals surface area contributed by atoms with E-state index in [-0.39, 0.29) is 0 Å². The molecule has 1 aliphatic heterocycles. The Bertz CT molecular complexity index is 4380. The van der Waals surface area contributed by atoms with E-state index in [1.807, 2.05) is 11.8 Å². The molecule has 0 N–H and O–H groups in total. The van der Waals surface area contributed by atoms with Crippen LogP contribution in [0.25, 0.3) is 82.4 Å². The van der Waals surface area contributed by atoms with Gasteiger partial charge in [-0.2, -0.15) is 0 Å². The van der Waals surface area contributed by atoms with Crippen molar-refractivity contribution >= 4 is 89.2 Å². The van der Waals surface area contributed by atoms with E-state index in [1.54, 1.807) is 0 Å². The predicted molar refractivity (Wildman–Crippen MR) is 332 cm³/mol. The first-order valence-corrected chi connectivity index (χ1v) is 27.8. The van der Waals surface area contributed by atoms with Crippen molar-refractivity contribution in [2.75, 3.05) is 9.80 Å². The maximum atomic E-state index is 2.51. The molecule has 1 aromatic heterocycles. The highest BCUT2D eigenvalue weighted by molar-refractivity contribution is 8.00. The Balaban J connectivity index is 1.01. The SMILES string of the molecule is C1=CC2Sc3cc(N(c4cc(-c5cc6ccccc6c6ccccc56)cc(N(c5ccc(-c6ccccc6)cc5)c5ccc(-c6ccccc6)cc5)c4)c4ccc5c6ccccc6n(-c6ccccc6)c5c4)ccc3C2C=C1. The van der Waals surface area contributed by atoms with Gasteiger partial charge in [-0.15, -0.1) is 11.8 Å². The highest BCUT2D eigenvalue weighted by atomic mass is 32.2. The zero-order valence-corrected chi connectivity index (χ0v) is 43.5. The van der Waals surface area contributed by atoms with E-state index in [9.17, 15) is 0 Å². The van der Waals surface area contributed by atoms with Crippen LogP contribution in [0.4, 0.5) is 34.1 Å². The summed E-state index contributed by atoms with van der Waals surface area (Å²) in [5, 5.41) is 7.72. The van der Waals surface area contributed by atoms with Crippen LogP contribution in [0.2, 0.25) is 0 Å². The molecule has 0 bridgehead atoms. The van der Waals surface area contributed by atoms with Crippen molar-refractivity contribution in [2.24, 2.45) is 0 Å². The molecule has 12 aromatic carbocycles. The van der Waals surface area contributed by atoms with Crippen LogP contribution in [0, 0.1) is 0 Å². The summed E-state index contributed by atoms with van der Waals surface area (Å²) in [5.74, 6) is 0.349. The van der Waals surface area contributed by atoms with Gasteiger partial charge >= 0.3 is 0 Å². The van der Waals surface area contributed by atoms with Crippen LogP contribution in [-0.4, -0.2) is 9.82 Å². The number of rotatable bonds is 10. The molecule has 0 radical (unpaired) electrons. The van der Waals surface area contributed by atoms with Crippen LogP contribution in [0.5, 0.6) is 0 Å². The monoisotopic (exact) mass is 1010 g/mol. The van der Waals surface area contributed by atoms with E-state index >= 15 is 0 Å². The zero-order chi connectivity index (χ0) is 51.5. The highest BCUT2D eigenvalue weighted by Crippen LogP contribution is 2.52. The zero-order valence-electron chi connectivity index (χ0n) is 42.7. The third-order valence-electron chi connectivity index (χ3n) is 15.9. The molecule has 78 heavy (non-hydrogen) atoms. The molecule has 0 saturated heterocycles. The van der Waals surface area contributed by atoms with Gasteiger partial charge in [-0.25, -0.2) is 0 Å². The van der Waals surface area contributed by atoms with E-state index in [0.29, 0.717) is 11.2 Å². The van der Waals surface area contributed by atoms with Gasteiger partial charge in [-0.3, -0.25) is 0 Å². The van der Waals surface area contributed by atoms with Crippen molar-refractivity contribution < 1.29 is 0 Å². The van der Waals surface area contributed by atoms with Crippen LogP contribution < -0.4 is 9.80 Å². The van der Waals surface area contributed by atoms with Crippen molar-refractivity contribution in [1.29, 1.82) is 0 Å². The molecule has 2 atom stereocenters. The Morgan fingerprint density at radius 2 is 0.833 bits per heavy atom. The molecular weight excluding hydrogens is 963 g/mol. The lowest BCUT2D eigenvalue weighted by molar-refractivity contribution is 0.881. The third kappa shape index (κ3) is 8.00. The van der Waals surface area contributed by atoms with Crippen LogP contribution in [-0.2, 0) is 0 Å². The molecule has 4 heteroatoms. The lowest BCUT2D eigenvalue weighted by Gasteiger charge is -2.31. The van der Waals surface area contributed by atoms with E-state index in [2.05, 4.69) is 312 Å². The quantitative estimate of drug-likeness (QED) is 0.127. The maximum Gasteiger partial charge on any atom is 0.0561 e. The highest BCUT2D eigenvalue weighted by Gasteiger charge is 2.32. The van der Waals surface area contributed by atoms with Gasteiger partial charge in [0.05, 0.1) is 11.0 Å². The molecule has 1 aliphatic carbocycles. The topological polar surface area (TPSA) is 11.4 Å². The van der Waals surface area contributed by atoms with Crippen molar-refractivity contribution in [2.45, 2.75) is 16.1 Å². The first-order chi connectivity index (χ1) is 38.7. The Morgan fingerprint density at radius 3 is 1.53 bits per heavy atom. The largest absolute Gasteiger partial charge is 0.310 e. The maximum absolute atomic E-state index is 2.51. The number of aromatic nitrogens is 1. The average molecular weight is 1010 g/mol. The molecule has 3 nitrogen and oxygen atoms in total. The summed E-state index contributed by atoms with van der Waals surface area (Å²) in [5.41, 5.74) is 18.3. The Hall–Kier alpha value is -9.61. The first kappa shape index (κ1) is 45.8. The smallest absolute Gasteiger partial charge is 0.0561 e. The Morgan fingerprint density at radius 1 is 0.321 bits per heavy atom.